The Morgan fingerprint density at radius 1 is 1.45 bits per heavy atom. The Hall–Kier alpha value is -2.01. The molecule has 0 saturated carbocycles. The zero-order valence-electron chi connectivity index (χ0n) is 13.2. The van der Waals surface area contributed by atoms with Crippen molar-refractivity contribution in [3.05, 3.63) is 35.0 Å². The van der Waals surface area contributed by atoms with Gasteiger partial charge >= 0.3 is 6.03 Å². The Bertz CT molecular complexity index is 678. The zero-order chi connectivity index (χ0) is 15.5. The van der Waals surface area contributed by atoms with Crippen molar-refractivity contribution in [2.45, 2.75) is 32.2 Å². The highest BCUT2D eigenvalue weighted by atomic mass is 16.5. The SMILES string of the molecule is COCCNC(=O)NC1CCc2c([nH]c3ccc(C)cc23)C1. The Balaban J connectivity index is 1.66. The molecule has 0 radical (unpaired) electrons. The molecule has 5 heteroatoms. The van der Waals surface area contributed by atoms with Gasteiger partial charge in [0.15, 0.2) is 0 Å². The fourth-order valence-electron chi connectivity index (χ4n) is 3.17. The molecule has 1 atom stereocenters. The van der Waals surface area contributed by atoms with Crippen LogP contribution in [0.4, 0.5) is 4.79 Å². The minimum atomic E-state index is -0.113. The third kappa shape index (κ3) is 3.09. The number of H-pyrrole nitrogens is 1. The van der Waals surface area contributed by atoms with Crippen LogP contribution in [0, 0.1) is 6.92 Å². The van der Waals surface area contributed by atoms with Gasteiger partial charge in [-0.3, -0.25) is 0 Å². The zero-order valence-corrected chi connectivity index (χ0v) is 13.2. The molecule has 2 aromatic rings. The molecule has 3 N–H and O–H groups in total. The molecule has 1 aromatic carbocycles. The van der Waals surface area contributed by atoms with Crippen LogP contribution in [0.25, 0.3) is 10.9 Å². The number of hydrogen-bond acceptors (Lipinski definition) is 2. The van der Waals surface area contributed by atoms with Crippen LogP contribution in [-0.4, -0.2) is 37.3 Å². The predicted molar refractivity (Wildman–Crippen MR) is 87.3 cm³/mol. The predicted octanol–water partition coefficient (Wildman–Crippen LogP) is 2.28. The largest absolute Gasteiger partial charge is 0.383 e. The van der Waals surface area contributed by atoms with Gasteiger partial charge in [0.2, 0.25) is 0 Å². The molecule has 5 nitrogen and oxygen atoms in total. The summed E-state index contributed by atoms with van der Waals surface area (Å²) < 4.78 is 4.92. The van der Waals surface area contributed by atoms with E-state index < -0.39 is 0 Å². The summed E-state index contributed by atoms with van der Waals surface area (Å²) in [4.78, 5) is 15.3. The van der Waals surface area contributed by atoms with E-state index in [4.69, 9.17) is 4.74 Å². The molecular weight excluding hydrogens is 278 g/mol. The maximum Gasteiger partial charge on any atom is 0.315 e. The molecule has 1 aliphatic carbocycles. The summed E-state index contributed by atoms with van der Waals surface area (Å²) in [5.74, 6) is 0. The van der Waals surface area contributed by atoms with E-state index in [1.165, 1.54) is 27.7 Å². The first kappa shape index (κ1) is 14.9. The van der Waals surface area contributed by atoms with Crippen LogP contribution in [0.1, 0.15) is 23.2 Å². The van der Waals surface area contributed by atoms with Crippen molar-refractivity contribution in [2.24, 2.45) is 0 Å². The van der Waals surface area contributed by atoms with Gasteiger partial charge in [-0.15, -0.1) is 0 Å². The van der Waals surface area contributed by atoms with Gasteiger partial charge in [-0.1, -0.05) is 11.6 Å². The van der Waals surface area contributed by atoms with Crippen LogP contribution in [-0.2, 0) is 17.6 Å². The van der Waals surface area contributed by atoms with Crippen molar-refractivity contribution < 1.29 is 9.53 Å². The van der Waals surface area contributed by atoms with Crippen molar-refractivity contribution in [3.63, 3.8) is 0 Å². The quantitative estimate of drug-likeness (QED) is 0.759. The summed E-state index contributed by atoms with van der Waals surface area (Å²) in [6, 6.07) is 6.59. The molecule has 22 heavy (non-hydrogen) atoms. The number of methoxy groups -OCH3 is 1. The van der Waals surface area contributed by atoms with Gasteiger partial charge < -0.3 is 20.4 Å². The third-order valence-electron chi connectivity index (χ3n) is 4.27. The maximum atomic E-state index is 11.8. The molecule has 0 bridgehead atoms. The van der Waals surface area contributed by atoms with Crippen molar-refractivity contribution in [3.8, 4) is 0 Å². The second-order valence-corrected chi connectivity index (χ2v) is 5.96. The topological polar surface area (TPSA) is 66.2 Å². The molecule has 0 spiro atoms. The van der Waals surface area contributed by atoms with E-state index in [0.29, 0.717) is 13.2 Å². The number of rotatable bonds is 4. The highest BCUT2D eigenvalue weighted by Crippen LogP contribution is 2.29. The number of fused-ring (bicyclic) bond motifs is 3. The van der Waals surface area contributed by atoms with Crippen molar-refractivity contribution in [2.75, 3.05) is 20.3 Å². The number of carbonyl (C=O) groups excluding carboxylic acids is 1. The number of aromatic nitrogens is 1. The number of aryl methyl sites for hydroxylation is 2. The summed E-state index contributed by atoms with van der Waals surface area (Å²) >= 11 is 0. The summed E-state index contributed by atoms with van der Waals surface area (Å²) in [6.45, 7) is 3.19. The van der Waals surface area contributed by atoms with Crippen LogP contribution in [0.5, 0.6) is 0 Å². The molecule has 1 aromatic heterocycles. The Labute approximate surface area is 130 Å². The monoisotopic (exact) mass is 301 g/mol. The van der Waals surface area contributed by atoms with Crippen LogP contribution < -0.4 is 10.6 Å². The lowest BCUT2D eigenvalue weighted by Crippen LogP contribution is -2.45. The number of nitrogens with one attached hydrogen (secondary N) is 3. The van der Waals surface area contributed by atoms with Gasteiger partial charge in [-0.2, -0.15) is 0 Å². The standard InChI is InChI=1S/C17H23N3O2/c1-11-3-6-15-14(9-11)13-5-4-12(10-16(13)20-15)19-17(21)18-7-8-22-2/h3,6,9,12,20H,4-5,7-8,10H2,1-2H3,(H2,18,19,21). The normalized spacial score (nSPS) is 17.3. The first-order valence-corrected chi connectivity index (χ1v) is 7.80. The number of urea groups is 1. The summed E-state index contributed by atoms with van der Waals surface area (Å²) in [7, 11) is 1.62. The minimum absolute atomic E-state index is 0.113. The van der Waals surface area contributed by atoms with E-state index in [1.54, 1.807) is 7.11 Å². The van der Waals surface area contributed by atoms with Gasteiger partial charge in [0.05, 0.1) is 6.61 Å². The molecular formula is C17H23N3O2. The minimum Gasteiger partial charge on any atom is -0.383 e. The maximum absolute atomic E-state index is 11.8. The lowest BCUT2D eigenvalue weighted by molar-refractivity contribution is 0.194. The van der Waals surface area contributed by atoms with E-state index >= 15 is 0 Å². The molecule has 2 amide bonds. The lowest BCUT2D eigenvalue weighted by Gasteiger charge is -2.23. The number of ether oxygens (including phenoxy) is 1. The van der Waals surface area contributed by atoms with Gasteiger partial charge in [-0.05, 0) is 37.5 Å². The molecule has 118 valence electrons. The fraction of sp³-hybridized carbons (Fsp3) is 0.471. The lowest BCUT2D eigenvalue weighted by atomic mass is 9.91. The van der Waals surface area contributed by atoms with Crippen molar-refractivity contribution >= 4 is 16.9 Å². The summed E-state index contributed by atoms with van der Waals surface area (Å²) in [5.41, 5.74) is 5.15. The molecule has 1 aliphatic rings. The van der Waals surface area contributed by atoms with E-state index in [-0.39, 0.29) is 12.1 Å². The highest BCUT2D eigenvalue weighted by molar-refractivity contribution is 5.85. The van der Waals surface area contributed by atoms with E-state index in [1.807, 2.05) is 0 Å². The molecule has 0 saturated heterocycles. The molecule has 1 unspecified atom stereocenters. The molecule has 0 fully saturated rings. The van der Waals surface area contributed by atoms with Crippen LogP contribution in [0.15, 0.2) is 18.2 Å². The number of amides is 2. The number of benzene rings is 1. The second kappa shape index (κ2) is 6.40. The third-order valence-corrected chi connectivity index (χ3v) is 4.27. The number of carbonyl (C=O) groups is 1. The Kier molecular flexibility index (Phi) is 4.34. The first-order valence-electron chi connectivity index (χ1n) is 7.80. The van der Waals surface area contributed by atoms with Crippen molar-refractivity contribution in [1.29, 1.82) is 0 Å². The van der Waals surface area contributed by atoms with E-state index in [0.717, 1.165) is 19.3 Å². The average Bonchev–Trinajstić information content (AvgIpc) is 2.84. The summed E-state index contributed by atoms with van der Waals surface area (Å²) in [6.07, 6.45) is 2.84. The second-order valence-electron chi connectivity index (χ2n) is 5.96. The summed E-state index contributed by atoms with van der Waals surface area (Å²) in [5, 5.41) is 7.18. The van der Waals surface area contributed by atoms with Crippen LogP contribution in [0.3, 0.4) is 0 Å². The Morgan fingerprint density at radius 2 is 2.32 bits per heavy atom. The van der Waals surface area contributed by atoms with E-state index in [9.17, 15) is 4.79 Å². The van der Waals surface area contributed by atoms with Gasteiger partial charge in [0.25, 0.3) is 0 Å². The highest BCUT2D eigenvalue weighted by Gasteiger charge is 2.23. The fourth-order valence-corrected chi connectivity index (χ4v) is 3.17. The average molecular weight is 301 g/mol. The van der Waals surface area contributed by atoms with Crippen molar-refractivity contribution in [1.82, 2.24) is 15.6 Å². The molecule has 1 heterocycles. The number of hydrogen-bond donors (Lipinski definition) is 3. The van der Waals surface area contributed by atoms with Gasteiger partial charge in [0.1, 0.15) is 0 Å². The van der Waals surface area contributed by atoms with Gasteiger partial charge in [0, 0.05) is 42.7 Å². The molecule has 3 rings (SSSR count). The molecule has 0 aliphatic heterocycles. The number of aromatic amines is 1. The smallest absolute Gasteiger partial charge is 0.315 e. The Morgan fingerprint density at radius 3 is 3.14 bits per heavy atom. The first-order chi connectivity index (χ1) is 10.7. The van der Waals surface area contributed by atoms with Crippen LogP contribution in [0.2, 0.25) is 0 Å². The van der Waals surface area contributed by atoms with E-state index in [2.05, 4.69) is 40.7 Å². The van der Waals surface area contributed by atoms with Gasteiger partial charge in [-0.25, -0.2) is 4.79 Å². The van der Waals surface area contributed by atoms with Crippen LogP contribution >= 0.6 is 0 Å².